The Hall–Kier alpha value is -0.120. The fraction of sp³-hybridized carbons (Fsp3) is 1.00. The van der Waals surface area contributed by atoms with Gasteiger partial charge < -0.3 is 14.8 Å². The van der Waals surface area contributed by atoms with Crippen molar-refractivity contribution in [3.63, 3.8) is 0 Å². The van der Waals surface area contributed by atoms with Crippen molar-refractivity contribution < 1.29 is 9.47 Å². The molecule has 3 heteroatoms. The zero-order valence-corrected chi connectivity index (χ0v) is 7.42. The third-order valence-corrected chi connectivity index (χ3v) is 2.56. The molecule has 2 aliphatic rings. The highest BCUT2D eigenvalue weighted by atomic mass is 16.5. The Labute approximate surface area is 73.4 Å². The minimum absolute atomic E-state index is 0.380. The quantitative estimate of drug-likeness (QED) is 0.672. The summed E-state index contributed by atoms with van der Waals surface area (Å²) in [5.74, 6) is 0. The van der Waals surface area contributed by atoms with Gasteiger partial charge in [-0.05, 0) is 25.8 Å². The summed E-state index contributed by atoms with van der Waals surface area (Å²) >= 11 is 0. The number of hydrogen-bond donors (Lipinski definition) is 1. The van der Waals surface area contributed by atoms with Crippen molar-refractivity contribution in [2.24, 2.45) is 0 Å². The first-order chi connectivity index (χ1) is 5.95. The van der Waals surface area contributed by atoms with Crippen molar-refractivity contribution in [3.05, 3.63) is 0 Å². The molecule has 0 aromatic heterocycles. The number of hydrogen-bond acceptors (Lipinski definition) is 3. The van der Waals surface area contributed by atoms with E-state index in [-0.39, 0.29) is 0 Å². The molecule has 0 spiro atoms. The van der Waals surface area contributed by atoms with E-state index in [1.807, 2.05) is 0 Å². The van der Waals surface area contributed by atoms with Crippen LogP contribution in [0.3, 0.4) is 0 Å². The molecule has 2 heterocycles. The smallest absolute Gasteiger partial charge is 0.0809 e. The van der Waals surface area contributed by atoms with Gasteiger partial charge in [-0.15, -0.1) is 0 Å². The number of ether oxygens (including phenoxy) is 2. The van der Waals surface area contributed by atoms with Crippen LogP contribution in [0.15, 0.2) is 0 Å². The van der Waals surface area contributed by atoms with Gasteiger partial charge in [-0.25, -0.2) is 0 Å². The molecule has 2 aliphatic heterocycles. The van der Waals surface area contributed by atoms with Crippen LogP contribution < -0.4 is 5.32 Å². The van der Waals surface area contributed by atoms with E-state index >= 15 is 0 Å². The van der Waals surface area contributed by atoms with Gasteiger partial charge in [-0.3, -0.25) is 0 Å². The highest BCUT2D eigenvalue weighted by Crippen LogP contribution is 2.13. The van der Waals surface area contributed by atoms with E-state index in [4.69, 9.17) is 9.47 Å². The summed E-state index contributed by atoms with van der Waals surface area (Å²) in [6.45, 7) is 3.85. The zero-order chi connectivity index (χ0) is 8.23. The Kier molecular flexibility index (Phi) is 2.98. The lowest BCUT2D eigenvalue weighted by Crippen LogP contribution is -2.22. The maximum Gasteiger partial charge on any atom is 0.0809 e. The van der Waals surface area contributed by atoms with Crippen LogP contribution in [0.25, 0.3) is 0 Å². The normalized spacial score (nSPS) is 36.0. The van der Waals surface area contributed by atoms with Crippen molar-refractivity contribution in [1.82, 2.24) is 5.32 Å². The first-order valence-corrected chi connectivity index (χ1v) is 4.89. The Morgan fingerprint density at radius 3 is 3.08 bits per heavy atom. The largest absolute Gasteiger partial charge is 0.376 e. The van der Waals surface area contributed by atoms with Crippen LogP contribution in [0.2, 0.25) is 0 Å². The van der Waals surface area contributed by atoms with Crippen LogP contribution in [0.5, 0.6) is 0 Å². The van der Waals surface area contributed by atoms with Crippen LogP contribution in [0.4, 0.5) is 0 Å². The zero-order valence-electron chi connectivity index (χ0n) is 7.42. The number of rotatable bonds is 3. The van der Waals surface area contributed by atoms with Crippen LogP contribution in [0.1, 0.15) is 19.3 Å². The van der Waals surface area contributed by atoms with Gasteiger partial charge in [0, 0.05) is 13.2 Å². The summed E-state index contributed by atoms with van der Waals surface area (Å²) in [4.78, 5) is 0. The van der Waals surface area contributed by atoms with E-state index in [0.29, 0.717) is 12.2 Å². The maximum absolute atomic E-state index is 5.70. The summed E-state index contributed by atoms with van der Waals surface area (Å²) in [5, 5.41) is 3.28. The van der Waals surface area contributed by atoms with Crippen LogP contribution in [-0.4, -0.2) is 38.5 Å². The summed E-state index contributed by atoms with van der Waals surface area (Å²) in [6, 6.07) is 0. The third kappa shape index (κ3) is 2.19. The highest BCUT2D eigenvalue weighted by Gasteiger charge is 2.19. The molecule has 2 rings (SSSR count). The van der Waals surface area contributed by atoms with E-state index < -0.39 is 0 Å². The Bertz CT molecular complexity index is 112. The van der Waals surface area contributed by atoms with Gasteiger partial charge in [0.05, 0.1) is 18.8 Å². The monoisotopic (exact) mass is 171 g/mol. The van der Waals surface area contributed by atoms with Gasteiger partial charge in [0.25, 0.3) is 0 Å². The summed E-state index contributed by atoms with van der Waals surface area (Å²) in [5.41, 5.74) is 0. The molecule has 2 fully saturated rings. The van der Waals surface area contributed by atoms with E-state index in [0.717, 1.165) is 32.7 Å². The molecule has 0 amide bonds. The molecular formula is C9H17NO2. The Balaban J connectivity index is 1.60. The second kappa shape index (κ2) is 4.21. The van der Waals surface area contributed by atoms with Crippen molar-refractivity contribution in [1.29, 1.82) is 0 Å². The van der Waals surface area contributed by atoms with Gasteiger partial charge in [-0.1, -0.05) is 0 Å². The van der Waals surface area contributed by atoms with E-state index in [9.17, 15) is 0 Å². The molecule has 0 radical (unpaired) electrons. The molecule has 1 N–H and O–H groups in total. The molecule has 70 valence electrons. The summed E-state index contributed by atoms with van der Waals surface area (Å²) in [7, 11) is 0. The third-order valence-electron chi connectivity index (χ3n) is 2.56. The first kappa shape index (κ1) is 8.48. The van der Waals surface area contributed by atoms with E-state index in [1.165, 1.54) is 12.8 Å². The predicted molar refractivity (Wildman–Crippen MR) is 46.2 cm³/mol. The molecule has 0 aromatic rings. The Morgan fingerprint density at radius 2 is 2.42 bits per heavy atom. The second-order valence-corrected chi connectivity index (χ2v) is 3.58. The van der Waals surface area contributed by atoms with E-state index in [2.05, 4.69) is 5.32 Å². The van der Waals surface area contributed by atoms with Gasteiger partial charge in [-0.2, -0.15) is 0 Å². The standard InChI is InChI=1S/C9H17NO2/c1-2-9(11-5-1)7-12-8-3-4-10-6-8/h8-10H,1-7H2/t8-,9?/m0/s1. The van der Waals surface area contributed by atoms with Crippen molar-refractivity contribution in [3.8, 4) is 0 Å². The molecule has 2 atom stereocenters. The van der Waals surface area contributed by atoms with Gasteiger partial charge in [0.15, 0.2) is 0 Å². The van der Waals surface area contributed by atoms with Crippen LogP contribution in [-0.2, 0) is 9.47 Å². The minimum atomic E-state index is 0.380. The molecule has 0 aromatic carbocycles. The van der Waals surface area contributed by atoms with Crippen molar-refractivity contribution in [2.45, 2.75) is 31.5 Å². The molecule has 1 unspecified atom stereocenters. The molecule has 2 saturated heterocycles. The second-order valence-electron chi connectivity index (χ2n) is 3.58. The van der Waals surface area contributed by atoms with Gasteiger partial charge in [0.1, 0.15) is 0 Å². The fourth-order valence-corrected chi connectivity index (χ4v) is 1.79. The van der Waals surface area contributed by atoms with Gasteiger partial charge >= 0.3 is 0 Å². The molecule has 12 heavy (non-hydrogen) atoms. The highest BCUT2D eigenvalue weighted by molar-refractivity contribution is 4.72. The fourth-order valence-electron chi connectivity index (χ4n) is 1.79. The van der Waals surface area contributed by atoms with E-state index in [1.54, 1.807) is 0 Å². The molecular weight excluding hydrogens is 154 g/mol. The Morgan fingerprint density at radius 1 is 1.42 bits per heavy atom. The molecule has 3 nitrogen and oxygen atoms in total. The average molecular weight is 171 g/mol. The topological polar surface area (TPSA) is 30.5 Å². The lowest BCUT2D eigenvalue weighted by molar-refractivity contribution is -0.0131. The number of nitrogens with one attached hydrogen (secondary N) is 1. The molecule has 0 bridgehead atoms. The summed E-state index contributed by atoms with van der Waals surface area (Å²) < 4.78 is 11.2. The predicted octanol–water partition coefficient (Wildman–Crippen LogP) is 0.544. The lowest BCUT2D eigenvalue weighted by atomic mass is 10.2. The van der Waals surface area contributed by atoms with Crippen molar-refractivity contribution in [2.75, 3.05) is 26.3 Å². The lowest BCUT2D eigenvalue weighted by Gasteiger charge is -2.14. The SMILES string of the molecule is C1COC(CO[C@H]2CCNC2)C1. The maximum atomic E-state index is 5.70. The molecule has 0 aliphatic carbocycles. The van der Waals surface area contributed by atoms with Gasteiger partial charge in [0.2, 0.25) is 0 Å². The minimum Gasteiger partial charge on any atom is -0.376 e. The van der Waals surface area contributed by atoms with Crippen molar-refractivity contribution >= 4 is 0 Å². The average Bonchev–Trinajstić information content (AvgIpc) is 2.74. The summed E-state index contributed by atoms with van der Waals surface area (Å²) in [6.07, 6.45) is 4.36. The van der Waals surface area contributed by atoms with Crippen LogP contribution in [0, 0.1) is 0 Å². The first-order valence-electron chi connectivity index (χ1n) is 4.89. The van der Waals surface area contributed by atoms with Crippen LogP contribution >= 0.6 is 0 Å². The molecule has 0 saturated carbocycles.